The van der Waals surface area contributed by atoms with Crippen molar-refractivity contribution in [1.82, 2.24) is 10.6 Å². The van der Waals surface area contributed by atoms with Crippen LogP contribution < -0.4 is 29.7 Å². The van der Waals surface area contributed by atoms with Gasteiger partial charge in [-0.15, -0.1) is 11.3 Å². The number of nitrogens with one attached hydrogen (secondary N) is 2. The molecule has 11 heteroatoms. The number of hydrogen-bond acceptors (Lipinski definition) is 7. The van der Waals surface area contributed by atoms with E-state index >= 15 is 0 Å². The summed E-state index contributed by atoms with van der Waals surface area (Å²) in [6, 6.07) is 12.0. The zero-order chi connectivity index (χ0) is 28.7. The van der Waals surface area contributed by atoms with E-state index in [9.17, 15) is 14.4 Å². The Morgan fingerprint density at radius 2 is 1.62 bits per heavy atom. The topological polar surface area (TPSA) is 106 Å². The van der Waals surface area contributed by atoms with Gasteiger partial charge in [0.25, 0.3) is 5.91 Å². The summed E-state index contributed by atoms with van der Waals surface area (Å²) in [6.45, 7) is 5.16. The van der Waals surface area contributed by atoms with E-state index in [4.69, 9.17) is 25.8 Å². The molecule has 1 aromatic heterocycles. The second-order valence-electron chi connectivity index (χ2n) is 9.50. The average Bonchev–Trinajstić information content (AvgIpc) is 3.44. The van der Waals surface area contributed by atoms with Crippen LogP contribution in [0.5, 0.6) is 17.2 Å². The number of ether oxygens (including phenoxy) is 3. The van der Waals surface area contributed by atoms with E-state index in [1.165, 1.54) is 43.6 Å². The molecule has 0 spiro atoms. The lowest BCUT2D eigenvalue weighted by molar-refractivity contribution is -0.127. The van der Waals surface area contributed by atoms with Crippen molar-refractivity contribution < 1.29 is 28.6 Å². The summed E-state index contributed by atoms with van der Waals surface area (Å²) in [6.07, 6.45) is 0. The third-order valence-corrected chi connectivity index (χ3v) is 6.72. The number of halogens is 1. The van der Waals surface area contributed by atoms with E-state index in [1.807, 2.05) is 20.8 Å². The quantitative estimate of drug-likeness (QED) is 0.359. The van der Waals surface area contributed by atoms with Gasteiger partial charge in [0.2, 0.25) is 11.8 Å². The molecule has 0 fully saturated rings. The Hall–Kier alpha value is -3.76. The summed E-state index contributed by atoms with van der Waals surface area (Å²) in [5.41, 5.74) is 0.185. The van der Waals surface area contributed by atoms with Gasteiger partial charge in [-0.2, -0.15) is 0 Å². The van der Waals surface area contributed by atoms with Crippen LogP contribution in [0.1, 0.15) is 42.0 Å². The third kappa shape index (κ3) is 7.42. The van der Waals surface area contributed by atoms with Gasteiger partial charge >= 0.3 is 0 Å². The largest absolute Gasteiger partial charge is 0.495 e. The highest BCUT2D eigenvalue weighted by Crippen LogP contribution is 2.37. The summed E-state index contributed by atoms with van der Waals surface area (Å²) >= 11 is 7.69. The molecular weight excluding hydrogens is 542 g/mol. The minimum absolute atomic E-state index is 0.248. The van der Waals surface area contributed by atoms with Crippen molar-refractivity contribution in [3.05, 3.63) is 69.4 Å². The number of anilines is 1. The van der Waals surface area contributed by atoms with Crippen molar-refractivity contribution in [2.45, 2.75) is 32.4 Å². The van der Waals surface area contributed by atoms with E-state index in [0.717, 1.165) is 0 Å². The molecule has 0 bridgehead atoms. The lowest BCUT2D eigenvalue weighted by Crippen LogP contribution is -2.51. The zero-order valence-corrected chi connectivity index (χ0v) is 24.2. The Kier molecular flexibility index (Phi) is 9.82. The zero-order valence-electron chi connectivity index (χ0n) is 22.7. The number of hydrogen-bond donors (Lipinski definition) is 2. The van der Waals surface area contributed by atoms with Crippen LogP contribution in [0.3, 0.4) is 0 Å². The second-order valence-corrected chi connectivity index (χ2v) is 10.9. The van der Waals surface area contributed by atoms with Crippen molar-refractivity contribution in [3.63, 3.8) is 0 Å². The van der Waals surface area contributed by atoms with Crippen molar-refractivity contribution >= 4 is 46.3 Å². The minimum Gasteiger partial charge on any atom is -0.495 e. The first-order valence-corrected chi connectivity index (χ1v) is 13.3. The number of nitrogens with zero attached hydrogens (tertiary/aromatic N) is 1. The van der Waals surface area contributed by atoms with Crippen LogP contribution in [0, 0.1) is 0 Å². The van der Waals surface area contributed by atoms with E-state index in [2.05, 4.69) is 10.6 Å². The Balaban J connectivity index is 2.13. The number of thiophene rings is 1. The molecule has 3 aromatic rings. The number of methoxy groups -OCH3 is 3. The molecule has 0 aliphatic rings. The molecule has 208 valence electrons. The van der Waals surface area contributed by atoms with Crippen LogP contribution in [0.4, 0.5) is 5.69 Å². The van der Waals surface area contributed by atoms with Gasteiger partial charge < -0.3 is 24.8 Å². The highest BCUT2D eigenvalue weighted by Gasteiger charge is 2.35. The number of carbonyl (C=O) groups is 3. The molecule has 3 amide bonds. The molecule has 39 heavy (non-hydrogen) atoms. The molecule has 2 aromatic carbocycles. The molecule has 0 saturated carbocycles. The van der Waals surface area contributed by atoms with Gasteiger partial charge in [0.05, 0.1) is 37.8 Å². The van der Waals surface area contributed by atoms with Crippen molar-refractivity contribution in [2.24, 2.45) is 0 Å². The summed E-state index contributed by atoms with van der Waals surface area (Å²) in [5, 5.41) is 7.64. The fourth-order valence-corrected chi connectivity index (χ4v) is 4.75. The van der Waals surface area contributed by atoms with Crippen molar-refractivity contribution in [2.75, 3.05) is 32.8 Å². The molecule has 0 saturated heterocycles. The van der Waals surface area contributed by atoms with Crippen LogP contribution in [0.15, 0.2) is 53.9 Å². The van der Waals surface area contributed by atoms with Gasteiger partial charge in [-0.25, -0.2) is 0 Å². The van der Waals surface area contributed by atoms with Crippen LogP contribution >= 0.6 is 22.9 Å². The molecule has 0 radical (unpaired) electrons. The smallest absolute Gasteiger partial charge is 0.261 e. The normalized spacial score (nSPS) is 11.8. The summed E-state index contributed by atoms with van der Waals surface area (Å²) in [7, 11) is 4.47. The number of benzene rings is 2. The number of carbonyl (C=O) groups excluding carboxylic acids is 3. The molecular formula is C28H32ClN3O6S. The fourth-order valence-electron chi connectivity index (χ4n) is 3.86. The summed E-state index contributed by atoms with van der Waals surface area (Å²) in [4.78, 5) is 42.1. The van der Waals surface area contributed by atoms with E-state index in [-0.39, 0.29) is 11.6 Å². The molecule has 1 heterocycles. The van der Waals surface area contributed by atoms with Gasteiger partial charge in [0, 0.05) is 11.2 Å². The van der Waals surface area contributed by atoms with Crippen LogP contribution in [0.2, 0.25) is 5.02 Å². The van der Waals surface area contributed by atoms with Gasteiger partial charge in [-0.05, 0) is 68.1 Å². The maximum Gasteiger partial charge on any atom is 0.261 e. The highest BCUT2D eigenvalue weighted by molar-refractivity contribution is 7.12. The predicted molar refractivity (Wildman–Crippen MR) is 152 cm³/mol. The fraction of sp³-hybridized carbons (Fsp3) is 0.321. The third-order valence-electron chi connectivity index (χ3n) is 5.56. The molecule has 0 aliphatic heterocycles. The van der Waals surface area contributed by atoms with Crippen molar-refractivity contribution in [1.29, 1.82) is 0 Å². The van der Waals surface area contributed by atoms with E-state index in [1.54, 1.807) is 47.8 Å². The van der Waals surface area contributed by atoms with Crippen LogP contribution in [0.25, 0.3) is 0 Å². The molecule has 2 N–H and O–H groups in total. The molecule has 9 nitrogen and oxygen atoms in total. The first-order valence-electron chi connectivity index (χ1n) is 12.0. The molecule has 1 atom stereocenters. The van der Waals surface area contributed by atoms with Crippen LogP contribution in [-0.4, -0.2) is 51.1 Å². The highest BCUT2D eigenvalue weighted by atomic mass is 35.5. The minimum atomic E-state index is -1.15. The SMILES string of the molecule is COc1ccc(N(C(=O)CNC(=O)c2cccs2)C(C(=O)NC(C)(C)C)c2ccc(OC)c(OC)c2)cc1Cl. The Morgan fingerprint density at radius 1 is 0.949 bits per heavy atom. The van der Waals surface area contributed by atoms with Crippen LogP contribution in [-0.2, 0) is 9.59 Å². The monoisotopic (exact) mass is 573 g/mol. The lowest BCUT2D eigenvalue weighted by atomic mass is 10.00. The first-order chi connectivity index (χ1) is 18.5. The van der Waals surface area contributed by atoms with E-state index < -0.39 is 29.3 Å². The predicted octanol–water partition coefficient (Wildman–Crippen LogP) is 4.85. The van der Waals surface area contributed by atoms with Gasteiger partial charge in [0.15, 0.2) is 11.5 Å². The Morgan fingerprint density at radius 3 is 2.18 bits per heavy atom. The lowest BCUT2D eigenvalue weighted by Gasteiger charge is -2.34. The van der Waals surface area contributed by atoms with Gasteiger partial charge in [-0.1, -0.05) is 23.7 Å². The van der Waals surface area contributed by atoms with Gasteiger partial charge in [0.1, 0.15) is 11.8 Å². The maximum absolute atomic E-state index is 13.9. The second kappa shape index (κ2) is 12.9. The molecule has 1 unspecified atom stereocenters. The first kappa shape index (κ1) is 29.8. The number of amides is 3. The molecule has 0 aliphatic carbocycles. The molecule has 3 rings (SSSR count). The van der Waals surface area contributed by atoms with E-state index in [0.29, 0.717) is 33.4 Å². The average molecular weight is 574 g/mol. The van der Waals surface area contributed by atoms with Gasteiger partial charge in [-0.3, -0.25) is 19.3 Å². The summed E-state index contributed by atoms with van der Waals surface area (Å²) in [5.74, 6) is -0.127. The number of rotatable bonds is 10. The summed E-state index contributed by atoms with van der Waals surface area (Å²) < 4.78 is 16.1. The standard InChI is InChI=1S/C28H32ClN3O6S/c1-28(2,3)31-27(35)25(17-9-11-21(37-5)22(14-17)38-6)32(18-10-12-20(36-4)19(29)15-18)24(33)16-30-26(34)23-8-7-13-39-23/h7-15,25H,16H2,1-6H3,(H,30,34)(H,31,35). The maximum atomic E-state index is 13.9. The Bertz CT molecular complexity index is 1320. The Labute approximate surface area is 237 Å². The van der Waals surface area contributed by atoms with Crippen molar-refractivity contribution in [3.8, 4) is 17.2 Å².